The minimum absolute atomic E-state index is 0.223. The molecule has 1 atom stereocenters. The van der Waals surface area contributed by atoms with Gasteiger partial charge in [-0.05, 0) is 12.5 Å². The Bertz CT molecular complexity index is 488. The molecule has 16 heavy (non-hydrogen) atoms. The predicted octanol–water partition coefficient (Wildman–Crippen LogP) is 2.01. The zero-order valence-corrected chi connectivity index (χ0v) is 8.76. The summed E-state index contributed by atoms with van der Waals surface area (Å²) < 4.78 is 13.7. The Kier molecular flexibility index (Phi) is 2.92. The summed E-state index contributed by atoms with van der Waals surface area (Å²) in [5.74, 6) is -0.402. The first-order valence-electron chi connectivity index (χ1n) is 4.89. The largest absolute Gasteiger partial charge is 0.382 e. The van der Waals surface area contributed by atoms with Gasteiger partial charge in [0.05, 0.1) is 11.9 Å². The molecule has 4 heteroatoms. The first-order valence-corrected chi connectivity index (χ1v) is 4.89. The van der Waals surface area contributed by atoms with Crippen LogP contribution in [0.2, 0.25) is 0 Å². The van der Waals surface area contributed by atoms with Gasteiger partial charge < -0.3 is 5.11 Å². The summed E-state index contributed by atoms with van der Waals surface area (Å²) in [6.07, 6.45) is 3.32. The maximum absolute atomic E-state index is 13.7. The van der Waals surface area contributed by atoms with E-state index in [1.54, 1.807) is 25.1 Å². The summed E-state index contributed by atoms with van der Waals surface area (Å²) in [5.41, 5.74) is 1.06. The zero-order chi connectivity index (χ0) is 11.5. The lowest BCUT2D eigenvalue weighted by molar-refractivity contribution is 0.209. The molecule has 2 aromatic rings. The van der Waals surface area contributed by atoms with Crippen LogP contribution in [-0.2, 0) is 0 Å². The van der Waals surface area contributed by atoms with Gasteiger partial charge in [-0.1, -0.05) is 18.2 Å². The lowest BCUT2D eigenvalue weighted by atomic mass is 10.0. The van der Waals surface area contributed by atoms with E-state index in [9.17, 15) is 9.50 Å². The molecule has 0 aliphatic rings. The minimum Gasteiger partial charge on any atom is -0.382 e. The third kappa shape index (κ3) is 1.92. The third-order valence-corrected chi connectivity index (χ3v) is 2.38. The van der Waals surface area contributed by atoms with E-state index in [0.29, 0.717) is 11.3 Å². The molecular weight excluding hydrogens is 207 g/mol. The molecule has 0 fully saturated rings. The molecule has 1 unspecified atom stereocenters. The highest BCUT2D eigenvalue weighted by Crippen LogP contribution is 2.23. The second-order valence-corrected chi connectivity index (χ2v) is 3.51. The van der Waals surface area contributed by atoms with E-state index in [-0.39, 0.29) is 5.56 Å². The summed E-state index contributed by atoms with van der Waals surface area (Å²) >= 11 is 0. The highest BCUT2D eigenvalue weighted by Gasteiger charge is 2.16. The fourth-order valence-electron chi connectivity index (χ4n) is 1.49. The molecule has 0 aliphatic heterocycles. The molecule has 1 N–H and O–H groups in total. The third-order valence-electron chi connectivity index (χ3n) is 2.38. The number of rotatable bonds is 2. The van der Waals surface area contributed by atoms with Gasteiger partial charge in [-0.15, -0.1) is 0 Å². The fourth-order valence-corrected chi connectivity index (χ4v) is 1.49. The second kappa shape index (κ2) is 4.37. The van der Waals surface area contributed by atoms with Crippen LogP contribution >= 0.6 is 0 Å². The number of hydrogen-bond donors (Lipinski definition) is 1. The molecule has 0 saturated heterocycles. The molecule has 82 valence electrons. The van der Waals surface area contributed by atoms with Crippen molar-refractivity contribution in [2.75, 3.05) is 0 Å². The van der Waals surface area contributed by atoms with Crippen LogP contribution in [0.15, 0.2) is 36.8 Å². The van der Waals surface area contributed by atoms with Crippen molar-refractivity contribution in [2.45, 2.75) is 13.0 Å². The summed E-state index contributed by atoms with van der Waals surface area (Å²) in [6, 6.07) is 4.90. The van der Waals surface area contributed by atoms with Crippen LogP contribution in [0.5, 0.6) is 0 Å². The first kappa shape index (κ1) is 10.7. The van der Waals surface area contributed by atoms with E-state index >= 15 is 0 Å². The fraction of sp³-hybridized carbons (Fsp3) is 0.167. The van der Waals surface area contributed by atoms with Crippen LogP contribution in [0.4, 0.5) is 4.39 Å². The van der Waals surface area contributed by atoms with Crippen molar-refractivity contribution in [3.8, 4) is 0 Å². The highest BCUT2D eigenvalue weighted by molar-refractivity contribution is 5.30. The molecule has 1 aromatic carbocycles. The molecule has 0 amide bonds. The number of benzene rings is 1. The van der Waals surface area contributed by atoms with Crippen molar-refractivity contribution in [3.63, 3.8) is 0 Å². The van der Waals surface area contributed by atoms with Crippen molar-refractivity contribution in [3.05, 3.63) is 59.4 Å². The van der Waals surface area contributed by atoms with E-state index in [2.05, 4.69) is 9.97 Å². The first-order chi connectivity index (χ1) is 7.70. The van der Waals surface area contributed by atoms with Gasteiger partial charge in [0.1, 0.15) is 11.9 Å². The van der Waals surface area contributed by atoms with Gasteiger partial charge in [0.2, 0.25) is 0 Å². The monoisotopic (exact) mass is 218 g/mol. The van der Waals surface area contributed by atoms with Gasteiger partial charge in [-0.3, -0.25) is 9.97 Å². The van der Waals surface area contributed by atoms with Crippen LogP contribution in [0.3, 0.4) is 0 Å². The Morgan fingerprint density at radius 1 is 1.31 bits per heavy atom. The quantitative estimate of drug-likeness (QED) is 0.838. The smallest absolute Gasteiger partial charge is 0.132 e. The van der Waals surface area contributed by atoms with Gasteiger partial charge in [-0.2, -0.15) is 0 Å². The SMILES string of the molecule is Cc1cccc(C(O)c2cnccn2)c1F. The molecule has 0 bridgehead atoms. The van der Waals surface area contributed by atoms with E-state index in [1.807, 2.05) is 0 Å². The van der Waals surface area contributed by atoms with Crippen molar-refractivity contribution >= 4 is 0 Å². The summed E-state index contributed by atoms with van der Waals surface area (Å²) in [7, 11) is 0. The molecule has 3 nitrogen and oxygen atoms in total. The molecule has 1 aromatic heterocycles. The van der Waals surface area contributed by atoms with Gasteiger partial charge in [0.15, 0.2) is 0 Å². The standard InChI is InChI=1S/C12H11FN2O/c1-8-3-2-4-9(11(8)13)12(16)10-7-14-5-6-15-10/h2-7,12,16H,1H3. The van der Waals surface area contributed by atoms with Crippen LogP contribution in [-0.4, -0.2) is 15.1 Å². The van der Waals surface area contributed by atoms with Gasteiger partial charge in [0.25, 0.3) is 0 Å². The highest BCUT2D eigenvalue weighted by atomic mass is 19.1. The van der Waals surface area contributed by atoms with Crippen LogP contribution in [0.1, 0.15) is 22.9 Å². The Morgan fingerprint density at radius 2 is 2.12 bits per heavy atom. The van der Waals surface area contributed by atoms with Crippen LogP contribution in [0.25, 0.3) is 0 Å². The summed E-state index contributed by atoms with van der Waals surface area (Å²) in [4.78, 5) is 7.79. The summed E-state index contributed by atoms with van der Waals surface area (Å²) in [5, 5.41) is 9.95. The Hall–Kier alpha value is -1.81. The number of aromatic nitrogens is 2. The Morgan fingerprint density at radius 3 is 2.81 bits per heavy atom. The molecule has 2 rings (SSSR count). The van der Waals surface area contributed by atoms with Gasteiger partial charge in [-0.25, -0.2) is 4.39 Å². The zero-order valence-electron chi connectivity index (χ0n) is 8.76. The average molecular weight is 218 g/mol. The van der Waals surface area contributed by atoms with Crippen molar-refractivity contribution < 1.29 is 9.50 Å². The molecule has 0 spiro atoms. The molecule has 0 radical (unpaired) electrons. The van der Waals surface area contributed by atoms with Gasteiger partial charge in [0, 0.05) is 18.0 Å². The number of nitrogens with zero attached hydrogens (tertiary/aromatic N) is 2. The van der Waals surface area contributed by atoms with Crippen LogP contribution < -0.4 is 0 Å². The lowest BCUT2D eigenvalue weighted by Crippen LogP contribution is -2.05. The van der Waals surface area contributed by atoms with Gasteiger partial charge >= 0.3 is 0 Å². The second-order valence-electron chi connectivity index (χ2n) is 3.51. The number of aliphatic hydroxyl groups excluding tert-OH is 1. The topological polar surface area (TPSA) is 46.0 Å². The average Bonchev–Trinajstić information content (AvgIpc) is 2.33. The number of aliphatic hydroxyl groups is 1. The van der Waals surface area contributed by atoms with Crippen molar-refractivity contribution in [2.24, 2.45) is 0 Å². The van der Waals surface area contributed by atoms with E-state index in [1.165, 1.54) is 18.6 Å². The van der Waals surface area contributed by atoms with E-state index in [0.717, 1.165) is 0 Å². The maximum atomic E-state index is 13.7. The number of aryl methyl sites for hydroxylation is 1. The Labute approximate surface area is 92.6 Å². The van der Waals surface area contributed by atoms with Crippen molar-refractivity contribution in [1.29, 1.82) is 0 Å². The Balaban J connectivity index is 2.42. The summed E-state index contributed by atoms with van der Waals surface area (Å²) in [6.45, 7) is 1.65. The van der Waals surface area contributed by atoms with E-state index < -0.39 is 11.9 Å². The number of hydrogen-bond acceptors (Lipinski definition) is 3. The van der Waals surface area contributed by atoms with E-state index in [4.69, 9.17) is 0 Å². The molecular formula is C12H11FN2O. The van der Waals surface area contributed by atoms with Crippen LogP contribution in [0, 0.1) is 12.7 Å². The predicted molar refractivity (Wildman–Crippen MR) is 57.2 cm³/mol. The maximum Gasteiger partial charge on any atom is 0.132 e. The van der Waals surface area contributed by atoms with Crippen molar-refractivity contribution in [1.82, 2.24) is 9.97 Å². The lowest BCUT2D eigenvalue weighted by Gasteiger charge is -2.11. The number of halogens is 1. The molecule has 1 heterocycles. The molecule has 0 saturated carbocycles. The minimum atomic E-state index is -1.08. The molecule has 0 aliphatic carbocycles. The normalized spacial score (nSPS) is 12.4.